The molecule has 0 spiro atoms. The van der Waals surface area contributed by atoms with E-state index in [2.05, 4.69) is 50.1 Å². The molecule has 0 aliphatic heterocycles. The van der Waals surface area contributed by atoms with Crippen LogP contribution in [0.15, 0.2) is 28.7 Å². The molecule has 0 radical (unpaired) electrons. The second kappa shape index (κ2) is 7.80. The molecule has 1 saturated carbocycles. The molecule has 0 N–H and O–H groups in total. The average molecular weight is 390 g/mol. The second-order valence-electron chi connectivity index (χ2n) is 5.63. The molecule has 1 nitrogen and oxygen atoms in total. The Hall–Kier alpha value is 0.140. The summed E-state index contributed by atoms with van der Waals surface area (Å²) in [5.74, 6) is 0. The normalized spacial score (nSPS) is 19.1. The summed E-state index contributed by atoms with van der Waals surface area (Å²) in [6, 6.07) is 8.30. The van der Waals surface area contributed by atoms with Gasteiger partial charge in [0.15, 0.2) is 0 Å². The predicted octanol–water partition coefficient (Wildman–Crippen LogP) is 5.70. The van der Waals surface area contributed by atoms with E-state index in [1.807, 2.05) is 6.07 Å². The topological polar surface area (TPSA) is 9.23 Å². The number of hydrogen-bond donors (Lipinski definition) is 0. The monoisotopic (exact) mass is 388 g/mol. The SMILES string of the molecule is BrCC1(COCc2ccccc2Br)CCCCCC1. The summed E-state index contributed by atoms with van der Waals surface area (Å²) >= 11 is 7.29. The molecule has 1 fully saturated rings. The third kappa shape index (κ3) is 4.57. The molecular formula is C16H22Br2O. The van der Waals surface area contributed by atoms with E-state index >= 15 is 0 Å². The first-order valence-corrected chi connectivity index (χ1v) is 9.04. The highest BCUT2D eigenvalue weighted by Gasteiger charge is 2.30. The van der Waals surface area contributed by atoms with Crippen molar-refractivity contribution in [3.05, 3.63) is 34.3 Å². The lowest BCUT2D eigenvalue weighted by Gasteiger charge is -2.30. The van der Waals surface area contributed by atoms with Gasteiger partial charge in [-0.15, -0.1) is 0 Å². The quantitative estimate of drug-likeness (QED) is 0.463. The van der Waals surface area contributed by atoms with Crippen molar-refractivity contribution in [3.63, 3.8) is 0 Å². The van der Waals surface area contributed by atoms with Gasteiger partial charge in [0.25, 0.3) is 0 Å². The highest BCUT2D eigenvalue weighted by molar-refractivity contribution is 9.10. The number of rotatable bonds is 5. The molecule has 0 saturated heterocycles. The third-order valence-electron chi connectivity index (χ3n) is 4.07. The molecule has 3 heteroatoms. The first-order chi connectivity index (χ1) is 9.26. The van der Waals surface area contributed by atoms with Crippen LogP contribution >= 0.6 is 31.9 Å². The second-order valence-corrected chi connectivity index (χ2v) is 7.05. The van der Waals surface area contributed by atoms with Gasteiger partial charge in [0.05, 0.1) is 13.2 Å². The fraction of sp³-hybridized carbons (Fsp3) is 0.625. The van der Waals surface area contributed by atoms with Crippen molar-refractivity contribution in [1.29, 1.82) is 0 Å². The van der Waals surface area contributed by atoms with Crippen LogP contribution in [0.2, 0.25) is 0 Å². The Morgan fingerprint density at radius 3 is 2.37 bits per heavy atom. The third-order valence-corrected chi connectivity index (χ3v) is 6.03. The van der Waals surface area contributed by atoms with Gasteiger partial charge in [0.1, 0.15) is 0 Å². The number of alkyl halides is 1. The lowest BCUT2D eigenvalue weighted by molar-refractivity contribution is 0.0372. The summed E-state index contributed by atoms with van der Waals surface area (Å²) in [4.78, 5) is 0. The molecule has 0 bridgehead atoms. The highest BCUT2D eigenvalue weighted by Crippen LogP contribution is 2.37. The van der Waals surface area contributed by atoms with Gasteiger partial charge in [0, 0.05) is 15.2 Å². The van der Waals surface area contributed by atoms with Crippen LogP contribution < -0.4 is 0 Å². The van der Waals surface area contributed by atoms with Gasteiger partial charge in [0.2, 0.25) is 0 Å². The molecule has 1 aliphatic carbocycles. The van der Waals surface area contributed by atoms with Gasteiger partial charge in [-0.2, -0.15) is 0 Å². The first-order valence-electron chi connectivity index (χ1n) is 7.13. The lowest BCUT2D eigenvalue weighted by atomic mass is 9.83. The van der Waals surface area contributed by atoms with E-state index in [0.717, 1.165) is 16.4 Å². The lowest BCUT2D eigenvalue weighted by Crippen LogP contribution is -2.28. The van der Waals surface area contributed by atoms with Crippen LogP contribution in [-0.2, 0) is 11.3 Å². The van der Waals surface area contributed by atoms with Crippen LogP contribution in [0.3, 0.4) is 0 Å². The summed E-state index contributed by atoms with van der Waals surface area (Å²) in [7, 11) is 0. The fourth-order valence-electron chi connectivity index (χ4n) is 2.79. The van der Waals surface area contributed by atoms with Crippen molar-refractivity contribution in [3.8, 4) is 0 Å². The zero-order chi connectivity index (χ0) is 13.6. The van der Waals surface area contributed by atoms with Crippen molar-refractivity contribution >= 4 is 31.9 Å². The average Bonchev–Trinajstić information content (AvgIpc) is 2.67. The van der Waals surface area contributed by atoms with Crippen LogP contribution in [0.25, 0.3) is 0 Å². The minimum absolute atomic E-state index is 0.359. The van der Waals surface area contributed by atoms with E-state index in [1.165, 1.54) is 44.1 Å². The largest absolute Gasteiger partial charge is 0.376 e. The molecule has 0 atom stereocenters. The van der Waals surface area contributed by atoms with E-state index in [9.17, 15) is 0 Å². The molecule has 0 amide bonds. The molecule has 106 valence electrons. The van der Waals surface area contributed by atoms with Gasteiger partial charge in [-0.25, -0.2) is 0 Å². The predicted molar refractivity (Wildman–Crippen MR) is 87.7 cm³/mol. The van der Waals surface area contributed by atoms with Crippen molar-refractivity contribution in [2.75, 3.05) is 11.9 Å². The van der Waals surface area contributed by atoms with Gasteiger partial charge in [-0.05, 0) is 24.5 Å². The van der Waals surface area contributed by atoms with Crippen molar-refractivity contribution < 1.29 is 4.74 Å². The molecule has 0 heterocycles. The van der Waals surface area contributed by atoms with E-state index in [-0.39, 0.29) is 0 Å². The minimum Gasteiger partial charge on any atom is -0.376 e. The van der Waals surface area contributed by atoms with Crippen molar-refractivity contribution in [1.82, 2.24) is 0 Å². The standard InChI is InChI=1S/C16H22Br2O/c17-12-16(9-5-1-2-6-10-16)13-19-11-14-7-3-4-8-15(14)18/h3-4,7-8H,1-2,5-6,9-13H2. The Morgan fingerprint density at radius 1 is 1.05 bits per heavy atom. The van der Waals surface area contributed by atoms with Crippen LogP contribution in [0.5, 0.6) is 0 Å². The molecule has 0 unspecified atom stereocenters. The molecular weight excluding hydrogens is 368 g/mol. The molecule has 1 aromatic rings. The van der Waals surface area contributed by atoms with Gasteiger partial charge in [-0.3, -0.25) is 0 Å². The van der Waals surface area contributed by atoms with E-state index in [1.54, 1.807) is 0 Å². The minimum atomic E-state index is 0.359. The molecule has 2 rings (SSSR count). The van der Waals surface area contributed by atoms with Gasteiger partial charge < -0.3 is 4.74 Å². The smallest absolute Gasteiger partial charge is 0.0728 e. The summed E-state index contributed by atoms with van der Waals surface area (Å²) in [6.45, 7) is 1.58. The number of benzene rings is 1. The van der Waals surface area contributed by atoms with Gasteiger partial charge >= 0.3 is 0 Å². The Kier molecular flexibility index (Phi) is 6.37. The van der Waals surface area contributed by atoms with Crippen LogP contribution in [0.4, 0.5) is 0 Å². The maximum absolute atomic E-state index is 6.03. The summed E-state index contributed by atoms with van der Waals surface area (Å²) in [5.41, 5.74) is 1.60. The molecule has 0 aromatic heterocycles. The molecule has 1 aliphatic rings. The zero-order valence-corrected chi connectivity index (χ0v) is 14.5. The fourth-order valence-corrected chi connectivity index (χ4v) is 3.91. The maximum atomic E-state index is 6.03. The Labute approximate surface area is 133 Å². The van der Waals surface area contributed by atoms with Crippen molar-refractivity contribution in [2.45, 2.75) is 45.1 Å². The van der Waals surface area contributed by atoms with Crippen molar-refractivity contribution in [2.24, 2.45) is 5.41 Å². The number of ether oxygens (including phenoxy) is 1. The Balaban J connectivity index is 1.87. The van der Waals surface area contributed by atoms with Crippen LogP contribution in [0, 0.1) is 5.41 Å². The summed E-state index contributed by atoms with van der Waals surface area (Å²) in [5, 5.41) is 1.07. The Morgan fingerprint density at radius 2 is 1.74 bits per heavy atom. The van der Waals surface area contributed by atoms with Crippen LogP contribution in [0.1, 0.15) is 44.1 Å². The Bertz CT molecular complexity index is 384. The summed E-state index contributed by atoms with van der Waals surface area (Å²) in [6.07, 6.45) is 8.08. The molecule has 1 aromatic carbocycles. The number of halogens is 2. The first kappa shape index (κ1) is 15.5. The maximum Gasteiger partial charge on any atom is 0.0728 e. The highest BCUT2D eigenvalue weighted by atomic mass is 79.9. The molecule has 19 heavy (non-hydrogen) atoms. The zero-order valence-electron chi connectivity index (χ0n) is 11.3. The van der Waals surface area contributed by atoms with Crippen LogP contribution in [-0.4, -0.2) is 11.9 Å². The van der Waals surface area contributed by atoms with E-state index < -0.39 is 0 Å². The van der Waals surface area contributed by atoms with Gasteiger partial charge in [-0.1, -0.05) is 75.7 Å². The van der Waals surface area contributed by atoms with E-state index in [0.29, 0.717) is 12.0 Å². The summed E-state index contributed by atoms with van der Waals surface area (Å²) < 4.78 is 7.17. The number of hydrogen-bond acceptors (Lipinski definition) is 1. The van der Waals surface area contributed by atoms with E-state index in [4.69, 9.17) is 4.74 Å².